The molecule has 1 aromatic rings. The van der Waals surface area contributed by atoms with Crippen LogP contribution in [0.5, 0.6) is 0 Å². The predicted molar refractivity (Wildman–Crippen MR) is 76.4 cm³/mol. The van der Waals surface area contributed by atoms with E-state index in [2.05, 4.69) is 10.3 Å². The minimum absolute atomic E-state index is 0. The van der Waals surface area contributed by atoms with Gasteiger partial charge in [0.2, 0.25) is 5.91 Å². The molecule has 1 amide bonds. The fourth-order valence-corrected chi connectivity index (χ4v) is 2.20. The van der Waals surface area contributed by atoms with Crippen LogP contribution < -0.4 is 11.1 Å². The highest BCUT2D eigenvalue weighted by atomic mass is 35.5. The third-order valence-corrected chi connectivity index (χ3v) is 3.20. The maximum Gasteiger partial charge on any atom is 0.236 e. The van der Waals surface area contributed by atoms with E-state index >= 15 is 0 Å². The summed E-state index contributed by atoms with van der Waals surface area (Å²) in [6.07, 6.45) is 0.829. The van der Waals surface area contributed by atoms with E-state index in [1.165, 1.54) is 4.88 Å². The van der Waals surface area contributed by atoms with Gasteiger partial charge in [0.15, 0.2) is 0 Å². The molecule has 1 rings (SSSR count). The highest BCUT2D eigenvalue weighted by Crippen LogP contribution is 2.16. The number of hydrogen-bond donors (Lipinski definition) is 2. The number of aryl methyl sites for hydroxylation is 2. The zero-order valence-electron chi connectivity index (χ0n) is 10.1. The second-order valence-corrected chi connectivity index (χ2v) is 4.86. The van der Waals surface area contributed by atoms with Gasteiger partial charge in [0, 0.05) is 17.8 Å². The molecule has 0 radical (unpaired) electrons. The number of carbonyl (C=O) groups is 1. The summed E-state index contributed by atoms with van der Waals surface area (Å²) in [7, 11) is 0. The zero-order valence-corrected chi connectivity index (χ0v) is 12.6. The summed E-state index contributed by atoms with van der Waals surface area (Å²) in [5.74, 6) is -0.103. The van der Waals surface area contributed by atoms with Crippen LogP contribution in [0.25, 0.3) is 0 Å². The Hall–Kier alpha value is -0.360. The average molecular weight is 300 g/mol. The molecule has 1 heterocycles. The van der Waals surface area contributed by atoms with Crippen molar-refractivity contribution in [2.75, 3.05) is 6.54 Å². The number of halogens is 2. The first-order valence-corrected chi connectivity index (χ1v) is 5.78. The summed E-state index contributed by atoms with van der Waals surface area (Å²) in [6.45, 7) is 6.29. The molecular formula is C10H19Cl2N3OS. The van der Waals surface area contributed by atoms with Crippen molar-refractivity contribution in [3.8, 4) is 0 Å². The van der Waals surface area contributed by atoms with Gasteiger partial charge in [-0.1, -0.05) is 0 Å². The zero-order chi connectivity index (χ0) is 11.4. The van der Waals surface area contributed by atoms with Crippen molar-refractivity contribution in [2.45, 2.75) is 33.2 Å². The Morgan fingerprint density at radius 3 is 2.47 bits per heavy atom. The first-order chi connectivity index (χ1) is 7.00. The van der Waals surface area contributed by atoms with Gasteiger partial charge >= 0.3 is 0 Å². The van der Waals surface area contributed by atoms with E-state index in [-0.39, 0.29) is 30.7 Å². The number of carbonyl (C=O) groups excluding carboxylic acids is 1. The van der Waals surface area contributed by atoms with E-state index in [1.807, 2.05) is 13.8 Å². The molecule has 7 heteroatoms. The number of aromatic nitrogens is 1. The predicted octanol–water partition coefficient (Wildman–Crippen LogP) is 1.61. The molecule has 0 saturated carbocycles. The van der Waals surface area contributed by atoms with Crippen molar-refractivity contribution in [3.05, 3.63) is 15.6 Å². The number of amides is 1. The van der Waals surface area contributed by atoms with Gasteiger partial charge in [-0.15, -0.1) is 36.2 Å². The summed E-state index contributed by atoms with van der Waals surface area (Å²) >= 11 is 1.68. The van der Waals surface area contributed by atoms with Crippen LogP contribution in [-0.4, -0.2) is 23.5 Å². The van der Waals surface area contributed by atoms with E-state index in [1.54, 1.807) is 18.3 Å². The quantitative estimate of drug-likeness (QED) is 0.887. The van der Waals surface area contributed by atoms with Crippen molar-refractivity contribution in [3.63, 3.8) is 0 Å². The summed E-state index contributed by atoms with van der Waals surface area (Å²) in [6, 6.07) is -0.436. The SMILES string of the molecule is Cc1nc(C)c(CCNC(=O)[C@@H](C)N)s1.Cl.Cl. The second-order valence-electron chi connectivity index (χ2n) is 3.57. The number of thiazole rings is 1. The minimum Gasteiger partial charge on any atom is -0.354 e. The van der Waals surface area contributed by atoms with Crippen molar-refractivity contribution >= 4 is 42.1 Å². The standard InChI is InChI=1S/C10H17N3OS.2ClH/c1-6(11)10(14)12-5-4-9-7(2)13-8(3)15-9;;/h6H,4-5,11H2,1-3H3,(H,12,14);2*1H/t6-;;/m1../s1. The van der Waals surface area contributed by atoms with E-state index < -0.39 is 6.04 Å². The Labute approximate surface area is 118 Å². The molecule has 100 valence electrons. The second kappa shape index (κ2) is 8.69. The van der Waals surface area contributed by atoms with Gasteiger partial charge in [0.25, 0.3) is 0 Å². The Morgan fingerprint density at radius 2 is 2.06 bits per heavy atom. The average Bonchev–Trinajstić information content (AvgIpc) is 2.45. The molecule has 0 bridgehead atoms. The lowest BCUT2D eigenvalue weighted by molar-refractivity contribution is -0.121. The molecule has 17 heavy (non-hydrogen) atoms. The van der Waals surface area contributed by atoms with Crippen LogP contribution >= 0.6 is 36.2 Å². The van der Waals surface area contributed by atoms with Crippen LogP contribution in [0, 0.1) is 13.8 Å². The monoisotopic (exact) mass is 299 g/mol. The summed E-state index contributed by atoms with van der Waals surface area (Å²) in [5, 5.41) is 3.85. The molecule has 1 atom stereocenters. The molecule has 0 aliphatic carbocycles. The Kier molecular flexibility index (Phi) is 9.71. The van der Waals surface area contributed by atoms with E-state index in [0.717, 1.165) is 17.1 Å². The molecule has 0 unspecified atom stereocenters. The van der Waals surface area contributed by atoms with Crippen LogP contribution in [0.3, 0.4) is 0 Å². The third-order valence-electron chi connectivity index (χ3n) is 2.06. The van der Waals surface area contributed by atoms with Gasteiger partial charge in [-0.3, -0.25) is 4.79 Å². The van der Waals surface area contributed by atoms with Crippen molar-refractivity contribution in [1.82, 2.24) is 10.3 Å². The Bertz CT molecular complexity index is 355. The lowest BCUT2D eigenvalue weighted by atomic mass is 10.3. The smallest absolute Gasteiger partial charge is 0.236 e. The van der Waals surface area contributed by atoms with Crippen LogP contribution in [0.4, 0.5) is 0 Å². The van der Waals surface area contributed by atoms with Gasteiger partial charge < -0.3 is 11.1 Å². The largest absolute Gasteiger partial charge is 0.354 e. The highest BCUT2D eigenvalue weighted by Gasteiger charge is 2.08. The summed E-state index contributed by atoms with van der Waals surface area (Å²) in [4.78, 5) is 16.7. The molecule has 0 spiro atoms. The van der Waals surface area contributed by atoms with Crippen LogP contribution in [0.15, 0.2) is 0 Å². The fraction of sp³-hybridized carbons (Fsp3) is 0.600. The number of nitrogens with one attached hydrogen (secondary N) is 1. The van der Waals surface area contributed by atoms with Gasteiger partial charge in [-0.2, -0.15) is 0 Å². The van der Waals surface area contributed by atoms with Gasteiger partial charge in [-0.25, -0.2) is 4.98 Å². The van der Waals surface area contributed by atoms with E-state index in [4.69, 9.17) is 5.73 Å². The third kappa shape index (κ3) is 6.21. The summed E-state index contributed by atoms with van der Waals surface area (Å²) in [5.41, 5.74) is 6.49. The Balaban J connectivity index is 0. The topological polar surface area (TPSA) is 68.0 Å². The van der Waals surface area contributed by atoms with Gasteiger partial charge in [-0.05, 0) is 20.8 Å². The number of nitrogens with two attached hydrogens (primary N) is 1. The molecule has 0 aliphatic rings. The molecule has 3 N–H and O–H groups in total. The maximum atomic E-state index is 11.2. The molecule has 0 aromatic carbocycles. The molecule has 1 aromatic heterocycles. The molecule has 0 saturated heterocycles. The maximum absolute atomic E-state index is 11.2. The van der Waals surface area contributed by atoms with Crippen molar-refractivity contribution in [1.29, 1.82) is 0 Å². The van der Waals surface area contributed by atoms with Crippen LogP contribution in [-0.2, 0) is 11.2 Å². The van der Waals surface area contributed by atoms with Crippen molar-refractivity contribution < 1.29 is 4.79 Å². The van der Waals surface area contributed by atoms with Crippen LogP contribution in [0.1, 0.15) is 22.5 Å². The molecule has 4 nitrogen and oxygen atoms in total. The highest BCUT2D eigenvalue weighted by molar-refractivity contribution is 7.11. The number of nitrogens with zero attached hydrogens (tertiary/aromatic N) is 1. The number of hydrogen-bond acceptors (Lipinski definition) is 4. The van der Waals surface area contributed by atoms with E-state index in [0.29, 0.717) is 6.54 Å². The molecular weight excluding hydrogens is 281 g/mol. The lowest BCUT2D eigenvalue weighted by Gasteiger charge is -2.06. The minimum atomic E-state index is -0.436. The Morgan fingerprint density at radius 1 is 1.47 bits per heavy atom. The normalized spacial score (nSPS) is 11.1. The first kappa shape index (κ1) is 19.0. The first-order valence-electron chi connectivity index (χ1n) is 4.97. The van der Waals surface area contributed by atoms with Gasteiger partial charge in [0.1, 0.15) is 0 Å². The van der Waals surface area contributed by atoms with Crippen molar-refractivity contribution in [2.24, 2.45) is 5.73 Å². The van der Waals surface area contributed by atoms with Gasteiger partial charge in [0.05, 0.1) is 16.7 Å². The number of rotatable bonds is 4. The molecule has 0 fully saturated rings. The van der Waals surface area contributed by atoms with E-state index in [9.17, 15) is 4.79 Å². The summed E-state index contributed by atoms with van der Waals surface area (Å²) < 4.78 is 0. The lowest BCUT2D eigenvalue weighted by Crippen LogP contribution is -2.39. The molecule has 0 aliphatic heterocycles. The van der Waals surface area contributed by atoms with Crippen LogP contribution in [0.2, 0.25) is 0 Å². The fourth-order valence-electron chi connectivity index (χ4n) is 1.27.